The van der Waals surface area contributed by atoms with Gasteiger partial charge in [0.05, 0.1) is 0 Å². The van der Waals surface area contributed by atoms with Crippen LogP contribution in [0.4, 0.5) is 4.79 Å². The highest BCUT2D eigenvalue weighted by Crippen LogP contribution is 2.44. The van der Waals surface area contributed by atoms with Crippen LogP contribution < -0.4 is 11.1 Å². The minimum absolute atomic E-state index is 0.0319. The molecule has 1 fully saturated rings. The standard InChI is InChI=1S/C25H31N3O3/c26-13-5-6-14-27-24(29)18-11-15-28(16-12-18)25(30)31-17-23-21-9-3-1-7-19(21)20-8-2-4-10-22(20)23/h1-4,7-10,18,23H,5-6,11-17,26H2,(H,27,29). The third-order valence-electron chi connectivity index (χ3n) is 6.39. The predicted molar refractivity (Wildman–Crippen MR) is 121 cm³/mol. The number of nitrogens with one attached hydrogen (secondary N) is 1. The number of hydrogen-bond donors (Lipinski definition) is 2. The fourth-order valence-electron chi connectivity index (χ4n) is 4.63. The highest BCUT2D eigenvalue weighted by Gasteiger charge is 2.31. The van der Waals surface area contributed by atoms with E-state index in [2.05, 4.69) is 29.6 Å². The molecule has 164 valence electrons. The fraction of sp³-hybridized carbons (Fsp3) is 0.440. The SMILES string of the molecule is NCCCCNC(=O)C1CCN(C(=O)OCC2c3ccccc3-c3ccccc32)CC1. The third kappa shape index (κ3) is 4.74. The lowest BCUT2D eigenvalue weighted by Gasteiger charge is -2.31. The molecule has 1 heterocycles. The van der Waals surface area contributed by atoms with Gasteiger partial charge < -0.3 is 20.7 Å². The van der Waals surface area contributed by atoms with Crippen molar-refractivity contribution in [1.29, 1.82) is 0 Å². The maximum absolute atomic E-state index is 12.7. The number of likely N-dealkylation sites (tertiary alicyclic amines) is 1. The quantitative estimate of drug-likeness (QED) is 0.670. The molecule has 0 radical (unpaired) electrons. The summed E-state index contributed by atoms with van der Waals surface area (Å²) >= 11 is 0. The Hall–Kier alpha value is -2.86. The number of unbranched alkanes of at least 4 members (excludes halogenated alkanes) is 1. The predicted octanol–water partition coefficient (Wildman–Crippen LogP) is 3.50. The number of hydrogen-bond acceptors (Lipinski definition) is 4. The largest absolute Gasteiger partial charge is 0.448 e. The van der Waals surface area contributed by atoms with Gasteiger partial charge in [-0.3, -0.25) is 4.79 Å². The zero-order chi connectivity index (χ0) is 21.6. The van der Waals surface area contributed by atoms with Crippen molar-refractivity contribution in [3.8, 4) is 11.1 Å². The Morgan fingerprint density at radius 3 is 2.19 bits per heavy atom. The average molecular weight is 422 g/mol. The summed E-state index contributed by atoms with van der Waals surface area (Å²) < 4.78 is 5.74. The molecule has 0 atom stereocenters. The smallest absolute Gasteiger partial charge is 0.409 e. The second-order valence-corrected chi connectivity index (χ2v) is 8.35. The molecule has 2 amide bonds. The van der Waals surface area contributed by atoms with Crippen molar-refractivity contribution in [2.45, 2.75) is 31.6 Å². The minimum Gasteiger partial charge on any atom is -0.448 e. The van der Waals surface area contributed by atoms with Crippen molar-refractivity contribution in [1.82, 2.24) is 10.2 Å². The molecule has 4 rings (SSSR count). The molecule has 1 aliphatic carbocycles. The number of benzene rings is 2. The summed E-state index contributed by atoms with van der Waals surface area (Å²) in [5.74, 6) is 0.118. The molecule has 0 aromatic heterocycles. The van der Waals surface area contributed by atoms with Gasteiger partial charge >= 0.3 is 6.09 Å². The van der Waals surface area contributed by atoms with Gasteiger partial charge in [-0.2, -0.15) is 0 Å². The summed E-state index contributed by atoms with van der Waals surface area (Å²) in [6, 6.07) is 16.6. The molecule has 0 saturated carbocycles. The van der Waals surface area contributed by atoms with E-state index in [0.29, 0.717) is 45.6 Å². The summed E-state index contributed by atoms with van der Waals surface area (Å²) in [4.78, 5) is 26.7. The third-order valence-corrected chi connectivity index (χ3v) is 6.39. The van der Waals surface area contributed by atoms with E-state index in [4.69, 9.17) is 10.5 Å². The molecule has 0 unspecified atom stereocenters. The molecule has 2 aromatic carbocycles. The number of rotatable bonds is 7. The lowest BCUT2D eigenvalue weighted by molar-refractivity contribution is -0.126. The maximum atomic E-state index is 12.7. The van der Waals surface area contributed by atoms with Crippen molar-refractivity contribution in [3.05, 3.63) is 59.7 Å². The van der Waals surface area contributed by atoms with Gasteiger partial charge in [0, 0.05) is 31.5 Å². The highest BCUT2D eigenvalue weighted by atomic mass is 16.6. The molecule has 3 N–H and O–H groups in total. The van der Waals surface area contributed by atoms with Crippen LogP contribution in [0.5, 0.6) is 0 Å². The Balaban J connectivity index is 1.28. The van der Waals surface area contributed by atoms with Gasteiger partial charge in [-0.25, -0.2) is 4.79 Å². The summed E-state index contributed by atoms with van der Waals surface area (Å²) in [5.41, 5.74) is 10.3. The minimum atomic E-state index is -0.288. The Bertz CT molecular complexity index is 876. The first-order chi connectivity index (χ1) is 15.2. The van der Waals surface area contributed by atoms with Crippen LogP contribution in [0.1, 0.15) is 42.7 Å². The van der Waals surface area contributed by atoms with Crippen molar-refractivity contribution in [3.63, 3.8) is 0 Å². The summed E-state index contributed by atoms with van der Waals surface area (Å²) in [7, 11) is 0. The van der Waals surface area contributed by atoms with Gasteiger partial charge in [0.1, 0.15) is 6.61 Å². The van der Waals surface area contributed by atoms with E-state index < -0.39 is 0 Å². The zero-order valence-corrected chi connectivity index (χ0v) is 17.9. The average Bonchev–Trinajstić information content (AvgIpc) is 3.14. The Morgan fingerprint density at radius 2 is 1.58 bits per heavy atom. The molecule has 0 spiro atoms. The van der Waals surface area contributed by atoms with Gasteiger partial charge in [-0.1, -0.05) is 48.5 Å². The molecule has 31 heavy (non-hydrogen) atoms. The van der Waals surface area contributed by atoms with E-state index in [1.54, 1.807) is 4.90 Å². The van der Waals surface area contributed by atoms with E-state index in [-0.39, 0.29) is 23.8 Å². The Labute approximate surface area is 183 Å². The molecule has 2 aliphatic rings. The van der Waals surface area contributed by atoms with Crippen LogP contribution >= 0.6 is 0 Å². The van der Waals surface area contributed by atoms with Crippen LogP contribution in [0.3, 0.4) is 0 Å². The fourth-order valence-corrected chi connectivity index (χ4v) is 4.63. The second kappa shape index (κ2) is 9.96. The molecule has 6 heteroatoms. The Kier molecular flexibility index (Phi) is 6.87. The van der Waals surface area contributed by atoms with Gasteiger partial charge in [-0.15, -0.1) is 0 Å². The lowest BCUT2D eigenvalue weighted by Crippen LogP contribution is -2.43. The molecule has 1 aliphatic heterocycles. The lowest BCUT2D eigenvalue weighted by atomic mass is 9.96. The van der Waals surface area contributed by atoms with E-state index in [1.165, 1.54) is 22.3 Å². The van der Waals surface area contributed by atoms with E-state index in [1.807, 2.05) is 24.3 Å². The normalized spacial score (nSPS) is 16.0. The summed E-state index contributed by atoms with van der Waals surface area (Å²) in [5, 5.41) is 2.98. The number of ether oxygens (including phenoxy) is 1. The van der Waals surface area contributed by atoms with Crippen LogP contribution in [0.25, 0.3) is 11.1 Å². The van der Waals surface area contributed by atoms with Crippen LogP contribution in [-0.2, 0) is 9.53 Å². The van der Waals surface area contributed by atoms with Gasteiger partial charge in [-0.05, 0) is 54.5 Å². The molecule has 2 aromatic rings. The monoisotopic (exact) mass is 421 g/mol. The molecule has 6 nitrogen and oxygen atoms in total. The first kappa shape index (κ1) is 21.4. The van der Waals surface area contributed by atoms with E-state index >= 15 is 0 Å². The Morgan fingerprint density at radius 1 is 0.968 bits per heavy atom. The number of carbonyl (C=O) groups excluding carboxylic acids is 2. The van der Waals surface area contributed by atoms with Crippen molar-refractivity contribution < 1.29 is 14.3 Å². The van der Waals surface area contributed by atoms with Gasteiger partial charge in [0.25, 0.3) is 0 Å². The highest BCUT2D eigenvalue weighted by molar-refractivity contribution is 5.80. The van der Waals surface area contributed by atoms with Crippen molar-refractivity contribution in [2.24, 2.45) is 11.7 Å². The van der Waals surface area contributed by atoms with Gasteiger partial charge in [0.2, 0.25) is 5.91 Å². The number of carbonyl (C=O) groups is 2. The summed E-state index contributed by atoms with van der Waals surface area (Å²) in [6.07, 6.45) is 2.88. The number of nitrogens with two attached hydrogens (primary N) is 1. The molecular formula is C25H31N3O3. The second-order valence-electron chi connectivity index (χ2n) is 8.35. The number of nitrogens with zero attached hydrogens (tertiary/aromatic N) is 1. The molecule has 1 saturated heterocycles. The topological polar surface area (TPSA) is 84.7 Å². The van der Waals surface area contributed by atoms with E-state index in [9.17, 15) is 9.59 Å². The van der Waals surface area contributed by atoms with Crippen molar-refractivity contribution in [2.75, 3.05) is 32.8 Å². The molecular weight excluding hydrogens is 390 g/mol. The zero-order valence-electron chi connectivity index (χ0n) is 17.9. The number of fused-ring (bicyclic) bond motifs is 3. The first-order valence-corrected chi connectivity index (χ1v) is 11.3. The van der Waals surface area contributed by atoms with Crippen LogP contribution in [0.15, 0.2) is 48.5 Å². The number of piperidine rings is 1. The number of amides is 2. The van der Waals surface area contributed by atoms with Crippen LogP contribution in [-0.4, -0.2) is 49.7 Å². The van der Waals surface area contributed by atoms with Crippen molar-refractivity contribution >= 4 is 12.0 Å². The molecule has 0 bridgehead atoms. The van der Waals surface area contributed by atoms with Gasteiger partial charge in [0.15, 0.2) is 0 Å². The van der Waals surface area contributed by atoms with Crippen LogP contribution in [0.2, 0.25) is 0 Å². The summed E-state index contributed by atoms with van der Waals surface area (Å²) in [6.45, 7) is 2.75. The van der Waals surface area contributed by atoms with Crippen LogP contribution in [0, 0.1) is 5.92 Å². The maximum Gasteiger partial charge on any atom is 0.409 e. The van der Waals surface area contributed by atoms with E-state index in [0.717, 1.165) is 12.8 Å². The first-order valence-electron chi connectivity index (χ1n) is 11.3.